The van der Waals surface area contributed by atoms with Gasteiger partial charge in [-0.15, -0.1) is 0 Å². The smallest absolute Gasteiger partial charge is 0.135 e. The van der Waals surface area contributed by atoms with Crippen LogP contribution in [0.2, 0.25) is 0 Å². The normalized spacial score (nSPS) is 14.7. The largest absolute Gasteiger partial charge is 0.494 e. The van der Waals surface area contributed by atoms with Gasteiger partial charge in [0.25, 0.3) is 0 Å². The number of hydrogen-bond donors (Lipinski definition) is 2. The summed E-state index contributed by atoms with van der Waals surface area (Å²) in [6.45, 7) is 4.80. The summed E-state index contributed by atoms with van der Waals surface area (Å²) < 4.78 is 17.9. The number of benzene rings is 3. The molecule has 2 aliphatic heterocycles. The fourth-order valence-corrected chi connectivity index (χ4v) is 4.52. The lowest BCUT2D eigenvalue weighted by Gasteiger charge is -2.09. The number of aliphatic imine (C=N–C) groups is 2. The molecule has 7 nitrogen and oxygen atoms in total. The van der Waals surface area contributed by atoms with E-state index in [4.69, 9.17) is 13.9 Å². The molecule has 0 amide bonds. The van der Waals surface area contributed by atoms with Crippen LogP contribution in [-0.4, -0.2) is 51.1 Å². The van der Waals surface area contributed by atoms with Crippen molar-refractivity contribution < 1.29 is 13.9 Å². The number of fused-ring (bicyclic) bond motifs is 1. The van der Waals surface area contributed by atoms with Gasteiger partial charge in [-0.2, -0.15) is 0 Å². The fraction of sp³-hybridized carbons (Fsp3) is 0.267. The minimum absolute atomic E-state index is 0.651. The van der Waals surface area contributed by atoms with Crippen LogP contribution in [0, 0.1) is 0 Å². The van der Waals surface area contributed by atoms with E-state index in [9.17, 15) is 0 Å². The first kappa shape index (κ1) is 23.2. The van der Waals surface area contributed by atoms with Crippen molar-refractivity contribution in [1.82, 2.24) is 10.6 Å². The van der Waals surface area contributed by atoms with Gasteiger partial charge >= 0.3 is 0 Å². The molecule has 1 aromatic heterocycles. The van der Waals surface area contributed by atoms with Gasteiger partial charge in [-0.3, -0.25) is 9.98 Å². The van der Waals surface area contributed by atoms with Crippen molar-refractivity contribution in [2.24, 2.45) is 9.98 Å². The van der Waals surface area contributed by atoms with Crippen LogP contribution in [0.15, 0.2) is 87.2 Å². The second-order valence-corrected chi connectivity index (χ2v) is 9.13. The van der Waals surface area contributed by atoms with E-state index >= 15 is 0 Å². The Bertz CT molecular complexity index is 1420. The summed E-state index contributed by atoms with van der Waals surface area (Å²) in [6, 6.07) is 24.4. The van der Waals surface area contributed by atoms with E-state index in [1.807, 2.05) is 54.6 Å². The lowest BCUT2D eigenvalue weighted by Crippen LogP contribution is -2.19. The number of nitrogens with one attached hydrogen (secondary N) is 2. The van der Waals surface area contributed by atoms with Gasteiger partial charge in [0.05, 0.1) is 26.3 Å². The Hall–Kier alpha value is -4.26. The lowest BCUT2D eigenvalue weighted by molar-refractivity contribution is 0.266. The molecule has 0 spiro atoms. The molecule has 0 radical (unpaired) electrons. The zero-order chi connectivity index (χ0) is 24.9. The molecular formula is C30H30N4O3. The molecule has 2 N–H and O–H groups in total. The third kappa shape index (κ3) is 5.45. The summed E-state index contributed by atoms with van der Waals surface area (Å²) in [5.74, 6) is 4.50. The average Bonchev–Trinajstić information content (AvgIpc) is 3.73. The predicted molar refractivity (Wildman–Crippen MR) is 147 cm³/mol. The highest BCUT2D eigenvalue weighted by atomic mass is 16.5. The quantitative estimate of drug-likeness (QED) is 0.302. The Morgan fingerprint density at radius 2 is 1.22 bits per heavy atom. The Morgan fingerprint density at radius 3 is 1.81 bits per heavy atom. The molecule has 37 heavy (non-hydrogen) atoms. The average molecular weight is 495 g/mol. The van der Waals surface area contributed by atoms with Crippen molar-refractivity contribution in [3.8, 4) is 22.8 Å². The highest BCUT2D eigenvalue weighted by Crippen LogP contribution is 2.30. The molecule has 2 aliphatic rings. The minimum atomic E-state index is 0.651. The van der Waals surface area contributed by atoms with Gasteiger partial charge in [-0.25, -0.2) is 0 Å². The Balaban J connectivity index is 0.955. The zero-order valence-corrected chi connectivity index (χ0v) is 20.7. The molecule has 3 aromatic carbocycles. The van der Waals surface area contributed by atoms with Crippen LogP contribution in [0.4, 0.5) is 0 Å². The molecule has 4 aromatic rings. The molecule has 188 valence electrons. The highest BCUT2D eigenvalue weighted by molar-refractivity contribution is 6.02. The van der Waals surface area contributed by atoms with Gasteiger partial charge in [0.2, 0.25) is 0 Å². The maximum absolute atomic E-state index is 6.08. The molecule has 0 saturated carbocycles. The second-order valence-electron chi connectivity index (χ2n) is 9.13. The molecule has 7 heteroatoms. The van der Waals surface area contributed by atoms with Gasteiger partial charge in [0, 0.05) is 35.2 Å². The van der Waals surface area contributed by atoms with Crippen LogP contribution in [0.5, 0.6) is 11.5 Å². The van der Waals surface area contributed by atoms with Crippen LogP contribution in [0.3, 0.4) is 0 Å². The molecule has 6 rings (SSSR count). The summed E-state index contributed by atoms with van der Waals surface area (Å²) in [4.78, 5) is 8.95. The first-order chi connectivity index (χ1) is 18.3. The standard InChI is InChI=1S/C30H30N4O3/c1(2-18-36-26-10-5-22(6-11-26)29-31-13-14-32-29)17-35-25-8-3-21(4-9-25)28-20-24-19-23(7-12-27(24)37-28)30-33-15-16-34-30/h3-12,19-20H,1-2,13-18H2,(H,31,32)(H,33,34). The molecule has 0 saturated heterocycles. The van der Waals surface area contributed by atoms with Crippen LogP contribution < -0.4 is 20.1 Å². The number of amidine groups is 2. The molecule has 0 atom stereocenters. The van der Waals surface area contributed by atoms with Crippen molar-refractivity contribution in [3.05, 3.63) is 83.9 Å². The Morgan fingerprint density at radius 1 is 0.649 bits per heavy atom. The third-order valence-corrected chi connectivity index (χ3v) is 6.48. The van der Waals surface area contributed by atoms with E-state index in [1.54, 1.807) is 0 Å². The van der Waals surface area contributed by atoms with Gasteiger partial charge in [0.1, 0.15) is 34.5 Å². The van der Waals surface area contributed by atoms with E-state index in [2.05, 4.69) is 38.8 Å². The van der Waals surface area contributed by atoms with Crippen LogP contribution in [0.25, 0.3) is 22.3 Å². The van der Waals surface area contributed by atoms with Crippen molar-refractivity contribution in [3.63, 3.8) is 0 Å². The van der Waals surface area contributed by atoms with Gasteiger partial charge in [0.15, 0.2) is 0 Å². The highest BCUT2D eigenvalue weighted by Gasteiger charge is 2.12. The van der Waals surface area contributed by atoms with Crippen molar-refractivity contribution in [2.75, 3.05) is 39.4 Å². The van der Waals surface area contributed by atoms with Crippen LogP contribution in [0.1, 0.15) is 24.0 Å². The lowest BCUT2D eigenvalue weighted by atomic mass is 10.1. The number of hydrogen-bond acceptors (Lipinski definition) is 7. The number of nitrogens with zero attached hydrogens (tertiary/aromatic N) is 2. The number of furan rings is 1. The first-order valence-corrected chi connectivity index (χ1v) is 12.9. The SMILES string of the molecule is c1cc(C2=NCCN2)ccc1OCCCCOc1ccc(-c2cc3cc(C4=NCCN4)ccc3o2)cc1. The number of ether oxygens (including phenoxy) is 2. The summed E-state index contributed by atoms with van der Waals surface area (Å²) in [5, 5.41) is 7.68. The second kappa shape index (κ2) is 10.8. The maximum Gasteiger partial charge on any atom is 0.135 e. The monoisotopic (exact) mass is 494 g/mol. The fourth-order valence-electron chi connectivity index (χ4n) is 4.52. The summed E-state index contributed by atoms with van der Waals surface area (Å²) in [5.41, 5.74) is 4.09. The third-order valence-electron chi connectivity index (χ3n) is 6.48. The topological polar surface area (TPSA) is 80.4 Å². The summed E-state index contributed by atoms with van der Waals surface area (Å²) in [7, 11) is 0. The van der Waals surface area contributed by atoms with Crippen molar-refractivity contribution in [2.45, 2.75) is 12.8 Å². The first-order valence-electron chi connectivity index (χ1n) is 12.9. The van der Waals surface area contributed by atoms with E-state index in [0.717, 1.165) is 95.6 Å². The number of unbranched alkanes of at least 4 members (excludes halogenated alkanes) is 1. The Kier molecular flexibility index (Phi) is 6.75. The molecule has 0 bridgehead atoms. The van der Waals surface area contributed by atoms with E-state index in [0.29, 0.717) is 13.2 Å². The maximum atomic E-state index is 6.08. The van der Waals surface area contributed by atoms with Crippen molar-refractivity contribution in [1.29, 1.82) is 0 Å². The molecule has 0 aliphatic carbocycles. The van der Waals surface area contributed by atoms with Crippen molar-refractivity contribution >= 4 is 22.6 Å². The van der Waals surface area contributed by atoms with Crippen LogP contribution >= 0.6 is 0 Å². The predicted octanol–water partition coefficient (Wildman–Crippen LogP) is 5.04. The number of rotatable bonds is 10. The Labute approximate surface area is 216 Å². The van der Waals surface area contributed by atoms with Gasteiger partial charge < -0.3 is 24.5 Å². The summed E-state index contributed by atoms with van der Waals surface area (Å²) in [6.07, 6.45) is 1.85. The molecule has 0 fully saturated rings. The molecular weight excluding hydrogens is 464 g/mol. The van der Waals surface area contributed by atoms with Gasteiger partial charge in [-0.1, -0.05) is 0 Å². The molecule has 0 unspecified atom stereocenters. The molecule has 3 heterocycles. The van der Waals surface area contributed by atoms with Gasteiger partial charge in [-0.05, 0) is 85.6 Å². The van der Waals surface area contributed by atoms with E-state index in [-0.39, 0.29) is 0 Å². The van der Waals surface area contributed by atoms with Crippen LogP contribution in [-0.2, 0) is 0 Å². The zero-order valence-electron chi connectivity index (χ0n) is 20.7. The van der Waals surface area contributed by atoms with E-state index < -0.39 is 0 Å². The van der Waals surface area contributed by atoms with E-state index in [1.165, 1.54) is 0 Å². The summed E-state index contributed by atoms with van der Waals surface area (Å²) >= 11 is 0. The minimum Gasteiger partial charge on any atom is -0.494 e.